The van der Waals surface area contributed by atoms with Crippen molar-refractivity contribution in [1.29, 1.82) is 0 Å². The largest absolute Gasteiger partial charge is 0.491 e. The van der Waals surface area contributed by atoms with Crippen molar-refractivity contribution in [2.75, 3.05) is 12.3 Å². The molecule has 124 valence electrons. The predicted octanol–water partition coefficient (Wildman–Crippen LogP) is 2.67. The zero-order chi connectivity index (χ0) is 16.9. The standard InChI is InChI=1S/C19H21N3O2/c1-15-16(5-4-6-18(15)20)14-22-10-7-17(13-19(22)23)24-12-11-21-8-2-3-9-21/h2-10,13H,11-12,14,20H2,1H3. The van der Waals surface area contributed by atoms with Gasteiger partial charge >= 0.3 is 0 Å². The topological polar surface area (TPSA) is 62.2 Å². The number of nitrogens with two attached hydrogens (primary N) is 1. The second kappa shape index (κ2) is 7.08. The van der Waals surface area contributed by atoms with Crippen LogP contribution in [0.1, 0.15) is 11.1 Å². The molecule has 2 heterocycles. The van der Waals surface area contributed by atoms with E-state index in [4.69, 9.17) is 10.5 Å². The summed E-state index contributed by atoms with van der Waals surface area (Å²) in [5.74, 6) is 0.590. The van der Waals surface area contributed by atoms with Gasteiger partial charge in [0.1, 0.15) is 12.4 Å². The molecule has 0 unspecified atom stereocenters. The molecular formula is C19H21N3O2. The second-order valence-electron chi connectivity index (χ2n) is 5.73. The van der Waals surface area contributed by atoms with Crippen LogP contribution in [0.5, 0.6) is 5.75 Å². The molecule has 0 bridgehead atoms. The van der Waals surface area contributed by atoms with E-state index in [1.807, 2.05) is 60.3 Å². The third-order valence-corrected chi connectivity index (χ3v) is 4.08. The molecule has 5 nitrogen and oxygen atoms in total. The minimum Gasteiger partial charge on any atom is -0.491 e. The number of nitrogen functional groups attached to an aromatic ring is 1. The van der Waals surface area contributed by atoms with E-state index >= 15 is 0 Å². The fourth-order valence-corrected chi connectivity index (χ4v) is 2.56. The van der Waals surface area contributed by atoms with E-state index in [2.05, 4.69) is 0 Å². The zero-order valence-electron chi connectivity index (χ0n) is 13.7. The Morgan fingerprint density at radius 3 is 2.62 bits per heavy atom. The third-order valence-electron chi connectivity index (χ3n) is 4.08. The average Bonchev–Trinajstić information content (AvgIpc) is 3.07. The summed E-state index contributed by atoms with van der Waals surface area (Å²) in [6.45, 7) is 3.73. The Labute approximate surface area is 140 Å². The summed E-state index contributed by atoms with van der Waals surface area (Å²) in [4.78, 5) is 12.3. The predicted molar refractivity (Wildman–Crippen MR) is 95.3 cm³/mol. The maximum atomic E-state index is 12.3. The molecule has 2 aromatic heterocycles. The van der Waals surface area contributed by atoms with Gasteiger partial charge in [0.05, 0.1) is 13.1 Å². The third kappa shape index (κ3) is 3.68. The molecule has 3 rings (SSSR count). The lowest BCUT2D eigenvalue weighted by Crippen LogP contribution is -2.20. The van der Waals surface area contributed by atoms with Crippen LogP contribution in [0.15, 0.2) is 65.8 Å². The first-order valence-electron chi connectivity index (χ1n) is 7.91. The number of anilines is 1. The van der Waals surface area contributed by atoms with Gasteiger partial charge in [-0.1, -0.05) is 12.1 Å². The number of rotatable bonds is 6. The van der Waals surface area contributed by atoms with E-state index in [0.29, 0.717) is 18.9 Å². The quantitative estimate of drug-likeness (QED) is 0.709. The van der Waals surface area contributed by atoms with Crippen molar-refractivity contribution in [3.05, 3.63) is 82.5 Å². The lowest BCUT2D eigenvalue weighted by Gasteiger charge is -2.12. The molecule has 0 atom stereocenters. The smallest absolute Gasteiger partial charge is 0.254 e. The molecular weight excluding hydrogens is 302 g/mol. The first-order chi connectivity index (χ1) is 11.6. The second-order valence-corrected chi connectivity index (χ2v) is 5.73. The van der Waals surface area contributed by atoms with Gasteiger partial charge in [-0.25, -0.2) is 0 Å². The molecule has 0 radical (unpaired) electrons. The van der Waals surface area contributed by atoms with Gasteiger partial charge in [0.2, 0.25) is 0 Å². The van der Waals surface area contributed by atoms with Crippen LogP contribution in [-0.2, 0) is 13.1 Å². The highest BCUT2D eigenvalue weighted by atomic mass is 16.5. The molecule has 1 aromatic carbocycles. The van der Waals surface area contributed by atoms with Crippen molar-refractivity contribution in [3.8, 4) is 5.75 Å². The van der Waals surface area contributed by atoms with Crippen LogP contribution in [0.3, 0.4) is 0 Å². The van der Waals surface area contributed by atoms with Gasteiger partial charge in [-0.3, -0.25) is 4.79 Å². The molecule has 0 aliphatic carbocycles. The van der Waals surface area contributed by atoms with Crippen molar-refractivity contribution in [3.63, 3.8) is 0 Å². The molecule has 0 saturated heterocycles. The summed E-state index contributed by atoms with van der Waals surface area (Å²) in [6, 6.07) is 13.0. The summed E-state index contributed by atoms with van der Waals surface area (Å²) >= 11 is 0. The molecule has 2 N–H and O–H groups in total. The van der Waals surface area contributed by atoms with Gasteiger partial charge in [-0.2, -0.15) is 0 Å². The summed E-state index contributed by atoms with van der Waals surface area (Å²) in [5.41, 5.74) is 8.63. The van der Waals surface area contributed by atoms with Crippen molar-refractivity contribution in [1.82, 2.24) is 9.13 Å². The van der Waals surface area contributed by atoms with Crippen molar-refractivity contribution >= 4 is 5.69 Å². The SMILES string of the molecule is Cc1c(N)cccc1Cn1ccc(OCCn2cccc2)cc1=O. The fraction of sp³-hybridized carbons (Fsp3) is 0.211. The molecule has 0 aliphatic rings. The molecule has 0 saturated carbocycles. The first kappa shape index (κ1) is 15.9. The van der Waals surface area contributed by atoms with Gasteiger partial charge in [-0.15, -0.1) is 0 Å². The summed E-state index contributed by atoms with van der Waals surface area (Å²) in [5, 5.41) is 0. The van der Waals surface area contributed by atoms with Crippen molar-refractivity contribution in [2.45, 2.75) is 20.0 Å². The zero-order valence-corrected chi connectivity index (χ0v) is 13.7. The van der Waals surface area contributed by atoms with E-state index in [1.165, 1.54) is 6.07 Å². The van der Waals surface area contributed by atoms with Crippen LogP contribution in [0, 0.1) is 6.92 Å². The van der Waals surface area contributed by atoms with E-state index < -0.39 is 0 Å². The summed E-state index contributed by atoms with van der Waals surface area (Å²) in [6.07, 6.45) is 5.72. The van der Waals surface area contributed by atoms with E-state index in [0.717, 1.165) is 23.4 Å². The van der Waals surface area contributed by atoms with Crippen molar-refractivity contribution < 1.29 is 4.74 Å². The lowest BCUT2D eigenvalue weighted by molar-refractivity contribution is 0.297. The number of hydrogen-bond acceptors (Lipinski definition) is 3. The summed E-state index contributed by atoms with van der Waals surface area (Å²) in [7, 11) is 0. The van der Waals surface area contributed by atoms with Gasteiger partial charge in [0.25, 0.3) is 5.56 Å². The van der Waals surface area contributed by atoms with Crippen LogP contribution in [0.25, 0.3) is 0 Å². The molecule has 0 aliphatic heterocycles. The number of nitrogens with zero attached hydrogens (tertiary/aromatic N) is 2. The maximum absolute atomic E-state index is 12.3. The van der Waals surface area contributed by atoms with E-state index in [1.54, 1.807) is 10.8 Å². The van der Waals surface area contributed by atoms with E-state index in [9.17, 15) is 4.79 Å². The number of ether oxygens (including phenoxy) is 1. The summed E-state index contributed by atoms with van der Waals surface area (Å²) < 4.78 is 9.34. The van der Waals surface area contributed by atoms with Crippen LogP contribution in [0.4, 0.5) is 5.69 Å². The van der Waals surface area contributed by atoms with Crippen LogP contribution >= 0.6 is 0 Å². The lowest BCUT2D eigenvalue weighted by atomic mass is 10.1. The highest BCUT2D eigenvalue weighted by molar-refractivity contribution is 5.50. The monoisotopic (exact) mass is 323 g/mol. The molecule has 5 heteroatoms. The van der Waals surface area contributed by atoms with Gasteiger partial charge < -0.3 is 19.6 Å². The van der Waals surface area contributed by atoms with Crippen molar-refractivity contribution in [2.24, 2.45) is 0 Å². The molecule has 0 fully saturated rings. The Hall–Kier alpha value is -2.95. The number of hydrogen-bond donors (Lipinski definition) is 1. The van der Waals surface area contributed by atoms with Gasteiger partial charge in [0, 0.05) is 30.3 Å². The minimum absolute atomic E-state index is 0.0877. The Bertz CT molecular complexity index is 867. The minimum atomic E-state index is -0.0877. The average molecular weight is 323 g/mol. The van der Waals surface area contributed by atoms with Crippen LogP contribution < -0.4 is 16.0 Å². The van der Waals surface area contributed by atoms with Crippen LogP contribution in [0.2, 0.25) is 0 Å². The van der Waals surface area contributed by atoms with Crippen LogP contribution in [-0.4, -0.2) is 15.7 Å². The maximum Gasteiger partial charge on any atom is 0.254 e. The highest BCUT2D eigenvalue weighted by Crippen LogP contribution is 2.16. The number of benzene rings is 1. The Morgan fingerprint density at radius 2 is 1.88 bits per heavy atom. The molecule has 3 aromatic rings. The molecule has 0 amide bonds. The Morgan fingerprint density at radius 1 is 1.08 bits per heavy atom. The highest BCUT2D eigenvalue weighted by Gasteiger charge is 2.05. The Kier molecular flexibility index (Phi) is 4.70. The molecule has 0 spiro atoms. The fourth-order valence-electron chi connectivity index (χ4n) is 2.56. The number of pyridine rings is 1. The van der Waals surface area contributed by atoms with Gasteiger partial charge in [0.15, 0.2) is 0 Å². The normalized spacial score (nSPS) is 10.7. The van der Waals surface area contributed by atoms with Gasteiger partial charge in [-0.05, 0) is 42.3 Å². The number of aromatic nitrogens is 2. The van der Waals surface area contributed by atoms with E-state index in [-0.39, 0.29) is 5.56 Å². The first-order valence-corrected chi connectivity index (χ1v) is 7.91. The Balaban J connectivity index is 1.66. The molecule has 24 heavy (non-hydrogen) atoms.